The number of nitrogens with two attached hydrogens (primary N) is 1. The van der Waals surface area contributed by atoms with Crippen LogP contribution in [0.2, 0.25) is 0 Å². The summed E-state index contributed by atoms with van der Waals surface area (Å²) in [6, 6.07) is 9.35. The molecule has 0 aliphatic heterocycles. The van der Waals surface area contributed by atoms with E-state index in [1.807, 2.05) is 65.0 Å². The Balaban J connectivity index is 2.78. The first-order valence-electron chi connectivity index (χ1n) is 9.72. The number of ether oxygens (including phenoxy) is 3. The van der Waals surface area contributed by atoms with Gasteiger partial charge in [-0.3, -0.25) is 4.79 Å². The number of carbonyl (C=O) groups is 1. The number of rotatable bonds is 12. The maximum Gasteiger partial charge on any atom is 0.242 e. The van der Waals surface area contributed by atoms with E-state index < -0.39 is 12.3 Å². The van der Waals surface area contributed by atoms with Gasteiger partial charge in [0.05, 0.1) is 18.8 Å². The highest BCUT2D eigenvalue weighted by Gasteiger charge is 2.26. The van der Waals surface area contributed by atoms with E-state index in [4.69, 9.17) is 19.9 Å². The fraction of sp³-hybridized carbons (Fsp3) is 0.667. The summed E-state index contributed by atoms with van der Waals surface area (Å²) in [5.74, 6) is -0.153. The van der Waals surface area contributed by atoms with Crippen molar-refractivity contribution in [2.45, 2.75) is 59.0 Å². The molecule has 0 bridgehead atoms. The molecule has 6 heteroatoms. The second-order valence-corrected chi connectivity index (χ2v) is 7.39. The molecule has 0 saturated carbocycles. The molecular weight excluding hydrogens is 344 g/mol. The molecule has 0 saturated heterocycles. The summed E-state index contributed by atoms with van der Waals surface area (Å²) in [6.07, 6.45) is 0.278. The lowest BCUT2D eigenvalue weighted by molar-refractivity contribution is -0.160. The lowest BCUT2D eigenvalue weighted by Crippen LogP contribution is -2.50. The molecule has 27 heavy (non-hydrogen) atoms. The molecule has 154 valence electrons. The minimum Gasteiger partial charge on any atom is -0.374 e. The third kappa shape index (κ3) is 9.86. The van der Waals surface area contributed by atoms with Gasteiger partial charge in [-0.25, -0.2) is 0 Å². The van der Waals surface area contributed by atoms with Crippen LogP contribution in [-0.2, 0) is 25.4 Å². The van der Waals surface area contributed by atoms with Gasteiger partial charge in [-0.15, -0.1) is 0 Å². The zero-order valence-electron chi connectivity index (χ0n) is 17.4. The molecule has 0 aliphatic rings. The first-order valence-corrected chi connectivity index (χ1v) is 9.72. The number of nitrogens with zero attached hydrogens (tertiary/aromatic N) is 1. The SMILES string of the molecule is CCOC(CN(CCc1ccccc1)C(=O)C(N)COC(C)(C)C)OCC. The van der Waals surface area contributed by atoms with Gasteiger partial charge < -0.3 is 24.8 Å². The Morgan fingerprint density at radius 3 is 2.22 bits per heavy atom. The standard InChI is InChI=1S/C21H36N2O4/c1-6-25-19(26-7-2)15-23(14-13-17-11-9-8-10-12-17)20(24)18(22)16-27-21(3,4)5/h8-12,18-19H,6-7,13-16,22H2,1-5H3. The summed E-state index contributed by atoms with van der Waals surface area (Å²) in [5, 5.41) is 0. The van der Waals surface area contributed by atoms with Crippen molar-refractivity contribution in [1.82, 2.24) is 4.90 Å². The van der Waals surface area contributed by atoms with E-state index in [0.717, 1.165) is 6.42 Å². The lowest BCUT2D eigenvalue weighted by Gasteiger charge is -2.30. The van der Waals surface area contributed by atoms with Crippen molar-refractivity contribution >= 4 is 5.91 Å². The van der Waals surface area contributed by atoms with Gasteiger partial charge in [0.25, 0.3) is 0 Å². The molecular formula is C21H36N2O4. The van der Waals surface area contributed by atoms with Crippen LogP contribution in [0.1, 0.15) is 40.2 Å². The largest absolute Gasteiger partial charge is 0.374 e. The molecule has 1 rings (SSSR count). The second-order valence-electron chi connectivity index (χ2n) is 7.39. The number of hydrogen-bond donors (Lipinski definition) is 1. The van der Waals surface area contributed by atoms with E-state index in [9.17, 15) is 4.79 Å². The Bertz CT molecular complexity index is 525. The Hall–Kier alpha value is -1.47. The molecule has 0 heterocycles. The van der Waals surface area contributed by atoms with Crippen molar-refractivity contribution in [3.63, 3.8) is 0 Å². The second kappa shape index (κ2) is 12.1. The van der Waals surface area contributed by atoms with Gasteiger partial charge in [0.1, 0.15) is 6.04 Å². The first kappa shape index (κ1) is 23.6. The highest BCUT2D eigenvalue weighted by molar-refractivity contribution is 5.81. The average Bonchev–Trinajstić information content (AvgIpc) is 2.63. The maximum absolute atomic E-state index is 12.9. The van der Waals surface area contributed by atoms with Crippen LogP contribution in [0.4, 0.5) is 0 Å². The van der Waals surface area contributed by atoms with E-state index in [-0.39, 0.29) is 18.1 Å². The van der Waals surface area contributed by atoms with Gasteiger partial charge in [0, 0.05) is 19.8 Å². The molecule has 6 nitrogen and oxygen atoms in total. The fourth-order valence-electron chi connectivity index (χ4n) is 2.55. The molecule has 0 aromatic heterocycles. The van der Waals surface area contributed by atoms with Gasteiger partial charge in [0.2, 0.25) is 5.91 Å². The molecule has 2 N–H and O–H groups in total. The average molecular weight is 381 g/mol. The van der Waals surface area contributed by atoms with Crippen LogP contribution in [-0.4, -0.2) is 61.7 Å². The zero-order valence-corrected chi connectivity index (χ0v) is 17.4. The molecule has 0 spiro atoms. The highest BCUT2D eigenvalue weighted by atomic mass is 16.7. The number of carbonyl (C=O) groups excluding carboxylic acids is 1. The van der Waals surface area contributed by atoms with Crippen LogP contribution in [0.5, 0.6) is 0 Å². The summed E-state index contributed by atoms with van der Waals surface area (Å²) in [6.45, 7) is 11.7. The monoisotopic (exact) mass is 380 g/mol. The third-order valence-corrected chi connectivity index (χ3v) is 3.91. The molecule has 0 radical (unpaired) electrons. The van der Waals surface area contributed by atoms with Crippen molar-refractivity contribution in [2.75, 3.05) is 32.9 Å². The summed E-state index contributed by atoms with van der Waals surface area (Å²) in [7, 11) is 0. The molecule has 1 atom stereocenters. The van der Waals surface area contributed by atoms with Crippen LogP contribution in [0.15, 0.2) is 30.3 Å². The van der Waals surface area contributed by atoms with Crippen LogP contribution in [0.3, 0.4) is 0 Å². The summed E-state index contributed by atoms with van der Waals surface area (Å²) >= 11 is 0. The van der Waals surface area contributed by atoms with Crippen molar-refractivity contribution in [3.8, 4) is 0 Å². The minimum atomic E-state index is -0.719. The minimum absolute atomic E-state index is 0.153. The van der Waals surface area contributed by atoms with E-state index in [2.05, 4.69) is 0 Å². The van der Waals surface area contributed by atoms with Crippen molar-refractivity contribution in [2.24, 2.45) is 5.73 Å². The summed E-state index contributed by atoms with van der Waals surface area (Å²) in [4.78, 5) is 14.7. The predicted octanol–water partition coefficient (Wildman–Crippen LogP) is 2.60. The number of benzene rings is 1. The smallest absolute Gasteiger partial charge is 0.242 e. The van der Waals surface area contributed by atoms with Crippen LogP contribution in [0, 0.1) is 0 Å². The molecule has 1 aromatic rings. The fourth-order valence-corrected chi connectivity index (χ4v) is 2.55. The Kier molecular flexibility index (Phi) is 10.5. The van der Waals surface area contributed by atoms with Gasteiger partial charge in [-0.1, -0.05) is 30.3 Å². The zero-order chi connectivity index (χ0) is 20.3. The molecule has 0 aliphatic carbocycles. The first-order chi connectivity index (χ1) is 12.8. The predicted molar refractivity (Wildman–Crippen MR) is 107 cm³/mol. The van der Waals surface area contributed by atoms with Gasteiger partial charge >= 0.3 is 0 Å². The van der Waals surface area contributed by atoms with Gasteiger partial charge in [0.15, 0.2) is 6.29 Å². The Labute approximate surface area is 164 Å². The summed E-state index contributed by atoms with van der Waals surface area (Å²) < 4.78 is 16.9. The lowest BCUT2D eigenvalue weighted by atomic mass is 10.1. The van der Waals surface area contributed by atoms with Crippen molar-refractivity contribution in [3.05, 3.63) is 35.9 Å². The highest BCUT2D eigenvalue weighted by Crippen LogP contribution is 2.10. The topological polar surface area (TPSA) is 74.0 Å². The quantitative estimate of drug-likeness (QED) is 0.564. The Morgan fingerprint density at radius 2 is 1.70 bits per heavy atom. The van der Waals surface area contributed by atoms with Crippen LogP contribution >= 0.6 is 0 Å². The normalized spacial score (nSPS) is 13.0. The summed E-state index contributed by atoms with van der Waals surface area (Å²) in [5.41, 5.74) is 6.94. The maximum atomic E-state index is 12.9. The van der Waals surface area contributed by atoms with Gasteiger partial charge in [-0.2, -0.15) is 0 Å². The Morgan fingerprint density at radius 1 is 1.11 bits per heavy atom. The number of hydrogen-bond acceptors (Lipinski definition) is 5. The van der Waals surface area contributed by atoms with Crippen molar-refractivity contribution in [1.29, 1.82) is 0 Å². The van der Waals surface area contributed by atoms with Gasteiger partial charge in [-0.05, 0) is 46.6 Å². The molecule has 1 aromatic carbocycles. The van der Waals surface area contributed by atoms with E-state index in [0.29, 0.717) is 26.3 Å². The van der Waals surface area contributed by atoms with Crippen LogP contribution < -0.4 is 5.73 Å². The van der Waals surface area contributed by atoms with Crippen molar-refractivity contribution < 1.29 is 19.0 Å². The molecule has 1 amide bonds. The molecule has 0 fully saturated rings. The molecule has 1 unspecified atom stereocenters. The van der Waals surface area contributed by atoms with E-state index in [1.54, 1.807) is 4.90 Å². The van der Waals surface area contributed by atoms with E-state index >= 15 is 0 Å². The van der Waals surface area contributed by atoms with Crippen LogP contribution in [0.25, 0.3) is 0 Å². The number of amides is 1. The van der Waals surface area contributed by atoms with E-state index in [1.165, 1.54) is 5.56 Å². The third-order valence-electron chi connectivity index (χ3n) is 3.91.